The fraction of sp³-hybridized carbons (Fsp3) is 0.357. The van der Waals surface area contributed by atoms with Crippen molar-refractivity contribution in [2.75, 3.05) is 27.2 Å². The molecular formula is C28H29F3N6O2S. The highest BCUT2D eigenvalue weighted by atomic mass is 32.1. The van der Waals surface area contributed by atoms with Crippen LogP contribution in [0, 0.1) is 11.3 Å². The minimum absolute atomic E-state index is 0.0910. The summed E-state index contributed by atoms with van der Waals surface area (Å²) in [7, 11) is 3.79. The normalized spacial score (nSPS) is 16.2. The summed E-state index contributed by atoms with van der Waals surface area (Å²) in [5.41, 5.74) is 6.41. The highest BCUT2D eigenvalue weighted by Gasteiger charge is 2.38. The van der Waals surface area contributed by atoms with Crippen molar-refractivity contribution >= 4 is 23.2 Å². The quantitative estimate of drug-likeness (QED) is 0.411. The zero-order chi connectivity index (χ0) is 29.2. The van der Waals surface area contributed by atoms with Gasteiger partial charge in [0.1, 0.15) is 17.0 Å². The lowest BCUT2D eigenvalue weighted by Gasteiger charge is -2.33. The maximum atomic E-state index is 13.9. The van der Waals surface area contributed by atoms with Crippen LogP contribution < -0.4 is 5.73 Å². The number of amides is 2. The van der Waals surface area contributed by atoms with Gasteiger partial charge in [-0.3, -0.25) is 14.3 Å². The Kier molecular flexibility index (Phi) is 8.46. The summed E-state index contributed by atoms with van der Waals surface area (Å²) in [5, 5.41) is 13.2. The number of likely N-dealkylation sites (N-methyl/N-ethyl adjacent to an activating group) is 1. The van der Waals surface area contributed by atoms with Gasteiger partial charge in [0, 0.05) is 48.1 Å². The lowest BCUT2D eigenvalue weighted by atomic mass is 9.84. The first kappa shape index (κ1) is 29.0. The van der Waals surface area contributed by atoms with E-state index in [4.69, 9.17) is 5.73 Å². The first-order valence-corrected chi connectivity index (χ1v) is 13.4. The van der Waals surface area contributed by atoms with Gasteiger partial charge in [-0.1, -0.05) is 30.3 Å². The molecule has 3 aromatic rings. The predicted molar refractivity (Wildman–Crippen MR) is 144 cm³/mol. The maximum absolute atomic E-state index is 13.9. The van der Waals surface area contributed by atoms with E-state index in [0.29, 0.717) is 30.1 Å². The van der Waals surface area contributed by atoms with E-state index in [-0.39, 0.29) is 23.8 Å². The largest absolute Gasteiger partial charge is 0.435 e. The second-order valence-electron chi connectivity index (χ2n) is 9.97. The molecule has 2 aromatic heterocycles. The van der Waals surface area contributed by atoms with Crippen LogP contribution in [0.25, 0.3) is 0 Å². The number of nitrogens with two attached hydrogens (primary N) is 1. The van der Waals surface area contributed by atoms with Crippen LogP contribution in [0.15, 0.2) is 48.7 Å². The third-order valence-electron chi connectivity index (χ3n) is 6.80. The molecule has 0 saturated heterocycles. The second kappa shape index (κ2) is 11.7. The van der Waals surface area contributed by atoms with Crippen molar-refractivity contribution in [3.8, 4) is 6.07 Å². The van der Waals surface area contributed by atoms with E-state index >= 15 is 0 Å². The highest BCUT2D eigenvalue weighted by Crippen LogP contribution is 2.40. The summed E-state index contributed by atoms with van der Waals surface area (Å²) in [5.74, 6) is -1.32. The fourth-order valence-electron chi connectivity index (χ4n) is 4.74. The number of primary amides is 1. The molecule has 2 atom stereocenters. The first-order valence-electron chi connectivity index (χ1n) is 12.5. The first-order chi connectivity index (χ1) is 18.9. The van der Waals surface area contributed by atoms with Crippen LogP contribution in [0.5, 0.6) is 0 Å². The highest BCUT2D eigenvalue weighted by molar-refractivity contribution is 7.12. The maximum Gasteiger partial charge on any atom is 0.435 e. The Bertz CT molecular complexity index is 1480. The summed E-state index contributed by atoms with van der Waals surface area (Å²) in [4.78, 5) is 29.7. The Balaban J connectivity index is 1.74. The van der Waals surface area contributed by atoms with Crippen LogP contribution in [0.1, 0.15) is 56.6 Å². The number of hydrogen-bond donors (Lipinski definition) is 1. The Morgan fingerprint density at radius 3 is 2.65 bits per heavy atom. The number of nitrogens with zero attached hydrogens (tertiary/aromatic N) is 5. The molecule has 12 heteroatoms. The number of carbonyl (C=O) groups excluding carboxylic acids is 2. The Hall–Kier alpha value is -3.95. The molecule has 40 heavy (non-hydrogen) atoms. The number of thiophene rings is 1. The van der Waals surface area contributed by atoms with Crippen molar-refractivity contribution in [2.45, 2.75) is 38.0 Å². The molecule has 0 saturated carbocycles. The van der Waals surface area contributed by atoms with Gasteiger partial charge in [0.2, 0.25) is 11.8 Å². The summed E-state index contributed by atoms with van der Waals surface area (Å²) >= 11 is 1.32. The molecule has 0 spiro atoms. The van der Waals surface area contributed by atoms with E-state index in [1.807, 2.05) is 25.1 Å². The van der Waals surface area contributed by atoms with Gasteiger partial charge in [0.15, 0.2) is 5.69 Å². The minimum atomic E-state index is -4.73. The van der Waals surface area contributed by atoms with Crippen LogP contribution in [-0.2, 0) is 28.7 Å². The van der Waals surface area contributed by atoms with Gasteiger partial charge in [0.25, 0.3) is 0 Å². The summed E-state index contributed by atoms with van der Waals surface area (Å²) in [6.45, 7) is 2.64. The number of alkyl halides is 3. The molecule has 210 valence electrons. The SMILES string of the molecule is CC(C(N)=O)n1cc(Cc2ccccc2[C@@H]2CN(C(=O)/C=C/CN(C)C)Cc3sc(C#N)cc32)c(C(F)(F)F)n1. The Labute approximate surface area is 234 Å². The molecule has 3 heterocycles. The third kappa shape index (κ3) is 6.26. The molecule has 0 bridgehead atoms. The van der Waals surface area contributed by atoms with Crippen LogP contribution in [0.2, 0.25) is 0 Å². The van der Waals surface area contributed by atoms with E-state index < -0.39 is 23.8 Å². The fourth-order valence-corrected chi connectivity index (χ4v) is 5.78. The summed E-state index contributed by atoms with van der Waals surface area (Å²) < 4.78 is 42.8. The van der Waals surface area contributed by atoms with Crippen molar-refractivity contribution in [3.05, 3.63) is 86.4 Å². The average Bonchev–Trinajstić information content (AvgIpc) is 3.52. The summed E-state index contributed by atoms with van der Waals surface area (Å²) in [6, 6.07) is 10.1. The number of hydrogen-bond acceptors (Lipinski definition) is 6. The molecule has 0 fully saturated rings. The Morgan fingerprint density at radius 1 is 1.27 bits per heavy atom. The molecule has 1 aromatic carbocycles. The van der Waals surface area contributed by atoms with Crippen LogP contribution in [0.4, 0.5) is 13.2 Å². The predicted octanol–water partition coefficient (Wildman–Crippen LogP) is 4.06. The summed E-state index contributed by atoms with van der Waals surface area (Å²) in [6.07, 6.45) is -0.322. The number of aromatic nitrogens is 2. The standard InChI is InChI=1S/C28H29F3N6O2S/c1-17(27(33)39)37-14-19(26(34-37)28(29,30)31)11-18-7-4-5-8-21(18)23-15-36(25(38)9-6-10-35(2)3)16-24-22(23)12-20(13-32)40-24/h4-9,12,14,17,23H,10-11,15-16H2,1-3H3,(H2,33,39)/b9-6+/t17?,23-/m0/s1. The van der Waals surface area contributed by atoms with Gasteiger partial charge in [-0.25, -0.2) is 0 Å². The van der Waals surface area contributed by atoms with Crippen molar-refractivity contribution in [1.82, 2.24) is 19.6 Å². The van der Waals surface area contributed by atoms with Crippen LogP contribution in [-0.4, -0.2) is 58.6 Å². The van der Waals surface area contributed by atoms with Gasteiger partial charge in [-0.05, 0) is 43.8 Å². The van der Waals surface area contributed by atoms with E-state index in [1.165, 1.54) is 30.5 Å². The molecule has 0 radical (unpaired) electrons. The minimum Gasteiger partial charge on any atom is -0.368 e. The lowest BCUT2D eigenvalue weighted by Crippen LogP contribution is -2.37. The van der Waals surface area contributed by atoms with Gasteiger partial charge < -0.3 is 15.5 Å². The average molecular weight is 571 g/mol. The molecule has 2 amide bonds. The topological polar surface area (TPSA) is 108 Å². The van der Waals surface area contributed by atoms with Gasteiger partial charge >= 0.3 is 6.18 Å². The molecule has 1 aliphatic heterocycles. The molecule has 4 rings (SSSR count). The van der Waals surface area contributed by atoms with Crippen LogP contribution >= 0.6 is 11.3 Å². The number of rotatable bonds is 8. The van der Waals surface area contributed by atoms with Crippen LogP contribution in [0.3, 0.4) is 0 Å². The van der Waals surface area contributed by atoms with E-state index in [0.717, 1.165) is 20.7 Å². The lowest BCUT2D eigenvalue weighted by molar-refractivity contribution is -0.142. The molecule has 8 nitrogen and oxygen atoms in total. The van der Waals surface area contributed by atoms with E-state index in [2.05, 4.69) is 11.2 Å². The molecule has 2 N–H and O–H groups in total. The van der Waals surface area contributed by atoms with Gasteiger partial charge in [-0.15, -0.1) is 11.3 Å². The van der Waals surface area contributed by atoms with Gasteiger partial charge in [0.05, 0.1) is 6.54 Å². The van der Waals surface area contributed by atoms with E-state index in [1.54, 1.807) is 35.2 Å². The number of fused-ring (bicyclic) bond motifs is 1. The van der Waals surface area contributed by atoms with Crippen molar-refractivity contribution in [3.63, 3.8) is 0 Å². The Morgan fingerprint density at radius 2 is 2.00 bits per heavy atom. The third-order valence-corrected chi connectivity index (χ3v) is 7.84. The molecule has 1 aliphatic rings. The van der Waals surface area contributed by atoms with Crippen molar-refractivity contribution < 1.29 is 22.8 Å². The zero-order valence-electron chi connectivity index (χ0n) is 22.3. The zero-order valence-corrected chi connectivity index (χ0v) is 23.1. The van der Waals surface area contributed by atoms with E-state index in [9.17, 15) is 28.0 Å². The number of carbonyl (C=O) groups is 2. The second-order valence-corrected chi connectivity index (χ2v) is 11.1. The molecule has 0 aliphatic carbocycles. The number of benzene rings is 1. The molecule has 1 unspecified atom stereocenters. The number of halogens is 3. The number of nitriles is 1. The van der Waals surface area contributed by atoms with Crippen molar-refractivity contribution in [1.29, 1.82) is 5.26 Å². The van der Waals surface area contributed by atoms with Crippen molar-refractivity contribution in [2.24, 2.45) is 5.73 Å². The monoisotopic (exact) mass is 570 g/mol. The molecular weight excluding hydrogens is 541 g/mol. The van der Waals surface area contributed by atoms with Gasteiger partial charge in [-0.2, -0.15) is 23.5 Å². The smallest absolute Gasteiger partial charge is 0.368 e.